The number of benzene rings is 2. The number of carbonyl (C=O) groups is 1. The van der Waals surface area contributed by atoms with Gasteiger partial charge in [-0.2, -0.15) is 0 Å². The van der Waals surface area contributed by atoms with E-state index in [0.29, 0.717) is 22.2 Å². The van der Waals surface area contributed by atoms with Gasteiger partial charge in [0.25, 0.3) is 5.91 Å². The molecule has 3 rings (SSSR count). The Morgan fingerprint density at radius 2 is 1.50 bits per heavy atom. The largest absolute Gasteiger partial charge is 0.339 e. The van der Waals surface area contributed by atoms with Gasteiger partial charge in [-0.15, -0.1) is 10.2 Å². The van der Waals surface area contributed by atoms with Gasteiger partial charge in [-0.25, -0.2) is 4.39 Å². The summed E-state index contributed by atoms with van der Waals surface area (Å²) >= 11 is 5.83. The molecule has 0 aliphatic heterocycles. The Balaban J connectivity index is 1.64. The second kappa shape index (κ2) is 7.06. The molecule has 0 saturated carbocycles. The Bertz CT molecular complexity index is 836. The van der Waals surface area contributed by atoms with Gasteiger partial charge < -0.3 is 10.6 Å². The zero-order chi connectivity index (χ0) is 16.9. The van der Waals surface area contributed by atoms with Crippen molar-refractivity contribution in [3.05, 3.63) is 77.1 Å². The second-order valence-corrected chi connectivity index (χ2v) is 5.33. The van der Waals surface area contributed by atoms with Crippen molar-refractivity contribution >= 4 is 34.8 Å². The van der Waals surface area contributed by atoms with E-state index in [0.717, 1.165) is 5.69 Å². The maximum Gasteiger partial charge on any atom is 0.256 e. The Hall–Kier alpha value is -2.99. The number of nitrogens with one attached hydrogen (secondary N) is 2. The molecule has 0 saturated heterocycles. The predicted octanol–water partition coefficient (Wildman–Crippen LogP) is 4.27. The summed E-state index contributed by atoms with van der Waals surface area (Å²) in [7, 11) is 0. The highest BCUT2D eigenvalue weighted by Gasteiger charge is 2.07. The monoisotopic (exact) mass is 342 g/mol. The van der Waals surface area contributed by atoms with E-state index in [2.05, 4.69) is 20.8 Å². The first-order chi connectivity index (χ1) is 11.6. The van der Waals surface area contributed by atoms with Crippen LogP contribution in [0.4, 0.5) is 21.7 Å². The van der Waals surface area contributed by atoms with Crippen molar-refractivity contribution in [2.45, 2.75) is 0 Å². The number of carbonyl (C=O) groups excluding carboxylic acids is 1. The van der Waals surface area contributed by atoms with Crippen LogP contribution in [-0.2, 0) is 0 Å². The molecule has 0 aliphatic rings. The lowest BCUT2D eigenvalue weighted by atomic mass is 10.2. The minimum Gasteiger partial charge on any atom is -0.339 e. The first-order valence-electron chi connectivity index (χ1n) is 7.03. The molecule has 0 atom stereocenters. The third-order valence-corrected chi connectivity index (χ3v) is 3.38. The number of rotatable bonds is 4. The molecule has 5 nitrogen and oxygen atoms in total. The molecular formula is C17H12ClFN4O. The SMILES string of the molecule is O=C(Nc1ccc(Nc2ccc(Cl)cc2)nn1)c1ccc(F)cc1. The van der Waals surface area contributed by atoms with Gasteiger partial charge in [-0.05, 0) is 60.7 Å². The van der Waals surface area contributed by atoms with Crippen LogP contribution in [-0.4, -0.2) is 16.1 Å². The molecule has 0 bridgehead atoms. The fourth-order valence-corrected chi connectivity index (χ4v) is 2.06. The average molecular weight is 343 g/mol. The average Bonchev–Trinajstić information content (AvgIpc) is 2.59. The van der Waals surface area contributed by atoms with Crippen LogP contribution in [0, 0.1) is 5.82 Å². The van der Waals surface area contributed by atoms with Crippen molar-refractivity contribution in [1.82, 2.24) is 10.2 Å². The lowest BCUT2D eigenvalue weighted by Gasteiger charge is -2.07. The quantitative estimate of drug-likeness (QED) is 0.743. The lowest BCUT2D eigenvalue weighted by molar-refractivity contribution is 0.102. The number of nitrogens with zero attached hydrogens (tertiary/aromatic N) is 2. The molecule has 0 unspecified atom stereocenters. The molecule has 3 aromatic rings. The van der Waals surface area contributed by atoms with Crippen LogP contribution in [0.2, 0.25) is 5.02 Å². The van der Waals surface area contributed by atoms with Crippen molar-refractivity contribution in [2.24, 2.45) is 0 Å². The van der Waals surface area contributed by atoms with Crippen LogP contribution >= 0.6 is 11.6 Å². The number of anilines is 3. The molecule has 24 heavy (non-hydrogen) atoms. The van der Waals surface area contributed by atoms with Crippen molar-refractivity contribution in [3.63, 3.8) is 0 Å². The summed E-state index contributed by atoms with van der Waals surface area (Å²) in [5.74, 6) is 0.0368. The summed E-state index contributed by atoms with van der Waals surface area (Å²) in [4.78, 5) is 12.0. The molecule has 2 aromatic carbocycles. The summed E-state index contributed by atoms with van der Waals surface area (Å²) in [6, 6.07) is 15.7. The van der Waals surface area contributed by atoms with E-state index in [4.69, 9.17) is 11.6 Å². The van der Waals surface area contributed by atoms with Gasteiger partial charge in [-0.1, -0.05) is 11.6 Å². The fourth-order valence-electron chi connectivity index (χ4n) is 1.94. The summed E-state index contributed by atoms with van der Waals surface area (Å²) in [6.07, 6.45) is 0. The Morgan fingerprint density at radius 3 is 2.12 bits per heavy atom. The van der Waals surface area contributed by atoms with E-state index in [1.165, 1.54) is 24.3 Å². The highest BCUT2D eigenvalue weighted by molar-refractivity contribution is 6.30. The van der Waals surface area contributed by atoms with E-state index in [-0.39, 0.29) is 5.91 Å². The Kier molecular flexibility index (Phi) is 4.67. The molecule has 2 N–H and O–H groups in total. The number of aromatic nitrogens is 2. The van der Waals surface area contributed by atoms with E-state index in [1.807, 2.05) is 12.1 Å². The van der Waals surface area contributed by atoms with Crippen molar-refractivity contribution < 1.29 is 9.18 Å². The maximum absolute atomic E-state index is 12.9. The molecule has 7 heteroatoms. The van der Waals surface area contributed by atoms with Crippen LogP contribution in [0.25, 0.3) is 0 Å². The van der Waals surface area contributed by atoms with Gasteiger partial charge in [0.05, 0.1) is 0 Å². The van der Waals surface area contributed by atoms with E-state index in [9.17, 15) is 9.18 Å². The second-order valence-electron chi connectivity index (χ2n) is 4.90. The summed E-state index contributed by atoms with van der Waals surface area (Å²) < 4.78 is 12.9. The minimum atomic E-state index is -0.399. The molecule has 1 heterocycles. The van der Waals surface area contributed by atoms with Crippen molar-refractivity contribution in [2.75, 3.05) is 10.6 Å². The van der Waals surface area contributed by atoms with Crippen LogP contribution < -0.4 is 10.6 Å². The molecule has 0 fully saturated rings. The molecule has 0 spiro atoms. The van der Waals surface area contributed by atoms with Crippen LogP contribution in [0.1, 0.15) is 10.4 Å². The first kappa shape index (κ1) is 15.9. The third kappa shape index (κ3) is 4.05. The van der Waals surface area contributed by atoms with Crippen molar-refractivity contribution in [3.8, 4) is 0 Å². The highest BCUT2D eigenvalue weighted by atomic mass is 35.5. The smallest absolute Gasteiger partial charge is 0.256 e. The number of hydrogen-bond acceptors (Lipinski definition) is 4. The summed E-state index contributed by atoms with van der Waals surface area (Å²) in [5, 5.41) is 14.2. The first-order valence-corrected chi connectivity index (χ1v) is 7.41. The maximum atomic E-state index is 12.9. The zero-order valence-corrected chi connectivity index (χ0v) is 13.1. The molecule has 1 aromatic heterocycles. The minimum absolute atomic E-state index is 0.297. The highest BCUT2D eigenvalue weighted by Crippen LogP contribution is 2.17. The molecule has 120 valence electrons. The van der Waals surface area contributed by atoms with Gasteiger partial charge in [0.1, 0.15) is 5.82 Å². The van der Waals surface area contributed by atoms with Gasteiger partial charge in [0.15, 0.2) is 11.6 Å². The van der Waals surface area contributed by atoms with Crippen LogP contribution in [0.15, 0.2) is 60.7 Å². The molecule has 0 radical (unpaired) electrons. The van der Waals surface area contributed by atoms with Crippen molar-refractivity contribution in [1.29, 1.82) is 0 Å². The van der Waals surface area contributed by atoms with E-state index >= 15 is 0 Å². The normalized spacial score (nSPS) is 10.2. The van der Waals surface area contributed by atoms with Gasteiger partial charge >= 0.3 is 0 Å². The van der Waals surface area contributed by atoms with E-state index in [1.54, 1.807) is 24.3 Å². The molecular weight excluding hydrogens is 331 g/mol. The van der Waals surface area contributed by atoms with E-state index < -0.39 is 5.82 Å². The van der Waals surface area contributed by atoms with Crippen LogP contribution in [0.3, 0.4) is 0 Å². The third-order valence-electron chi connectivity index (χ3n) is 3.13. The van der Waals surface area contributed by atoms with Gasteiger partial charge in [-0.3, -0.25) is 4.79 Å². The van der Waals surface area contributed by atoms with Gasteiger partial charge in [0.2, 0.25) is 0 Å². The lowest BCUT2D eigenvalue weighted by Crippen LogP contribution is -2.13. The van der Waals surface area contributed by atoms with Crippen LogP contribution in [0.5, 0.6) is 0 Å². The topological polar surface area (TPSA) is 66.9 Å². The summed E-state index contributed by atoms with van der Waals surface area (Å²) in [6.45, 7) is 0. The summed E-state index contributed by atoms with van der Waals surface area (Å²) in [5.41, 5.74) is 1.15. The zero-order valence-electron chi connectivity index (χ0n) is 12.3. The Morgan fingerprint density at radius 1 is 0.875 bits per heavy atom. The number of halogens is 2. The Labute approximate surface area is 142 Å². The number of hydrogen-bond donors (Lipinski definition) is 2. The molecule has 0 aliphatic carbocycles. The number of amides is 1. The fraction of sp³-hybridized carbons (Fsp3) is 0. The van der Waals surface area contributed by atoms with Gasteiger partial charge in [0, 0.05) is 16.3 Å². The predicted molar refractivity (Wildman–Crippen MR) is 91.1 cm³/mol. The standard InChI is InChI=1S/C17H12ClFN4O/c18-12-3-7-14(8-4-12)20-15-9-10-16(23-22-15)21-17(24)11-1-5-13(19)6-2-11/h1-10H,(H,20,22)(H,21,23,24). The molecule has 1 amide bonds.